The minimum Gasteiger partial charge on any atom is -0.268 e. The van der Waals surface area contributed by atoms with E-state index in [0.717, 1.165) is 10.5 Å². The van der Waals surface area contributed by atoms with Gasteiger partial charge in [-0.3, -0.25) is 9.59 Å². The number of halogens is 2. The van der Waals surface area contributed by atoms with Gasteiger partial charge in [-0.05, 0) is 29.8 Å². The molecule has 0 bridgehead atoms. The first-order valence-electron chi connectivity index (χ1n) is 5.95. The van der Waals surface area contributed by atoms with Gasteiger partial charge in [0, 0.05) is 5.33 Å². The van der Waals surface area contributed by atoms with E-state index in [9.17, 15) is 14.0 Å². The summed E-state index contributed by atoms with van der Waals surface area (Å²) in [5.41, 5.74) is 1.34. The molecule has 0 aromatic heterocycles. The largest absolute Gasteiger partial charge is 0.268 e. The van der Waals surface area contributed by atoms with Gasteiger partial charge in [-0.15, -0.1) is 0 Å². The van der Waals surface area contributed by atoms with Gasteiger partial charge in [-0.25, -0.2) is 9.29 Å². The fourth-order valence-corrected chi connectivity index (χ4v) is 2.57. The molecule has 0 unspecified atom stereocenters. The Morgan fingerprint density at radius 1 is 1.00 bits per heavy atom. The fraction of sp³-hybridized carbons (Fsp3) is 0.0667. The highest BCUT2D eigenvalue weighted by atomic mass is 79.9. The van der Waals surface area contributed by atoms with Crippen LogP contribution in [0.2, 0.25) is 0 Å². The SMILES string of the molecule is O=C1c2ccccc2C(=O)N1c1ccc(CBr)cc1F. The molecule has 2 amide bonds. The number of hydrogen-bond acceptors (Lipinski definition) is 2. The van der Waals surface area contributed by atoms with Gasteiger partial charge in [-0.2, -0.15) is 0 Å². The van der Waals surface area contributed by atoms with E-state index in [2.05, 4.69) is 15.9 Å². The molecule has 2 aromatic rings. The number of carbonyl (C=O) groups excluding carboxylic acids is 2. The van der Waals surface area contributed by atoms with Gasteiger partial charge in [0.05, 0.1) is 16.8 Å². The van der Waals surface area contributed by atoms with E-state index < -0.39 is 17.6 Å². The Balaban J connectivity index is 2.09. The number of nitrogens with zero attached hydrogens (tertiary/aromatic N) is 1. The lowest BCUT2D eigenvalue weighted by Crippen LogP contribution is -2.30. The van der Waals surface area contributed by atoms with Crippen molar-refractivity contribution in [3.63, 3.8) is 0 Å². The van der Waals surface area contributed by atoms with Gasteiger partial charge in [0.2, 0.25) is 0 Å². The monoisotopic (exact) mass is 333 g/mol. The molecule has 3 rings (SSSR count). The predicted molar refractivity (Wildman–Crippen MR) is 76.6 cm³/mol. The van der Waals surface area contributed by atoms with Crippen LogP contribution in [0.15, 0.2) is 42.5 Å². The molecule has 0 atom stereocenters. The van der Waals surface area contributed by atoms with Gasteiger partial charge in [0.1, 0.15) is 5.82 Å². The Hall–Kier alpha value is -2.01. The van der Waals surface area contributed by atoms with Crippen LogP contribution >= 0.6 is 15.9 Å². The first-order chi connectivity index (χ1) is 9.63. The van der Waals surface area contributed by atoms with Crippen LogP contribution in [0, 0.1) is 5.82 Å². The number of hydrogen-bond donors (Lipinski definition) is 0. The Labute approximate surface area is 123 Å². The maximum atomic E-state index is 14.1. The molecule has 0 saturated carbocycles. The maximum Gasteiger partial charge on any atom is 0.266 e. The molecule has 5 heteroatoms. The van der Waals surface area contributed by atoms with Gasteiger partial charge < -0.3 is 0 Å². The average Bonchev–Trinajstić information content (AvgIpc) is 2.72. The van der Waals surface area contributed by atoms with Crippen LogP contribution in [-0.2, 0) is 5.33 Å². The molecule has 3 nitrogen and oxygen atoms in total. The van der Waals surface area contributed by atoms with E-state index >= 15 is 0 Å². The third kappa shape index (κ3) is 1.86. The molecule has 0 aliphatic carbocycles. The lowest BCUT2D eigenvalue weighted by Gasteiger charge is -2.15. The number of rotatable bonds is 2. The number of anilines is 1. The molecule has 20 heavy (non-hydrogen) atoms. The summed E-state index contributed by atoms with van der Waals surface area (Å²) in [6, 6.07) is 10.9. The Bertz CT molecular complexity index is 695. The van der Waals surface area contributed by atoms with Crippen molar-refractivity contribution in [3.8, 4) is 0 Å². The summed E-state index contributed by atoms with van der Waals surface area (Å²) in [5.74, 6) is -1.57. The Kier molecular flexibility index (Phi) is 3.14. The molecule has 1 aliphatic rings. The molecule has 0 fully saturated rings. The van der Waals surface area contributed by atoms with E-state index in [4.69, 9.17) is 0 Å². The van der Waals surface area contributed by atoms with Crippen LogP contribution in [-0.4, -0.2) is 11.8 Å². The van der Waals surface area contributed by atoms with Crippen LogP contribution < -0.4 is 4.90 Å². The first-order valence-corrected chi connectivity index (χ1v) is 7.08. The smallest absolute Gasteiger partial charge is 0.266 e. The van der Waals surface area contributed by atoms with Gasteiger partial charge in [-0.1, -0.05) is 34.1 Å². The number of amides is 2. The van der Waals surface area contributed by atoms with Crippen molar-refractivity contribution in [3.05, 3.63) is 65.0 Å². The lowest BCUT2D eigenvalue weighted by molar-refractivity contribution is 0.0925. The zero-order valence-corrected chi connectivity index (χ0v) is 11.9. The summed E-state index contributed by atoms with van der Waals surface area (Å²) in [5, 5.41) is 0.506. The zero-order valence-electron chi connectivity index (χ0n) is 10.3. The minimum absolute atomic E-state index is 0.0131. The number of carbonyl (C=O) groups is 2. The van der Waals surface area contributed by atoms with Gasteiger partial charge >= 0.3 is 0 Å². The van der Waals surface area contributed by atoms with E-state index in [1.807, 2.05) is 0 Å². The number of imide groups is 1. The van der Waals surface area contributed by atoms with Gasteiger partial charge in [0.15, 0.2) is 0 Å². The van der Waals surface area contributed by atoms with Crippen molar-refractivity contribution >= 4 is 33.4 Å². The van der Waals surface area contributed by atoms with Crippen molar-refractivity contribution < 1.29 is 14.0 Å². The summed E-state index contributed by atoms with van der Waals surface area (Å²) < 4.78 is 14.1. The highest BCUT2D eigenvalue weighted by molar-refractivity contribution is 9.08. The van der Waals surface area contributed by atoms with Crippen molar-refractivity contribution in [1.29, 1.82) is 0 Å². The third-order valence-electron chi connectivity index (χ3n) is 3.20. The highest BCUT2D eigenvalue weighted by Crippen LogP contribution is 2.30. The fourth-order valence-electron chi connectivity index (χ4n) is 2.22. The van der Waals surface area contributed by atoms with Crippen molar-refractivity contribution in [2.24, 2.45) is 0 Å². The quantitative estimate of drug-likeness (QED) is 0.622. The summed E-state index contributed by atoms with van der Waals surface area (Å²) >= 11 is 3.23. The van der Waals surface area contributed by atoms with E-state index in [1.165, 1.54) is 12.1 Å². The zero-order chi connectivity index (χ0) is 14.3. The number of fused-ring (bicyclic) bond motifs is 1. The van der Waals surface area contributed by atoms with Crippen LogP contribution in [0.4, 0.5) is 10.1 Å². The molecular weight excluding hydrogens is 325 g/mol. The highest BCUT2D eigenvalue weighted by Gasteiger charge is 2.37. The molecule has 0 spiro atoms. The summed E-state index contributed by atoms with van der Waals surface area (Å²) in [7, 11) is 0. The second kappa shape index (κ2) is 4.83. The molecule has 2 aromatic carbocycles. The Morgan fingerprint density at radius 2 is 1.60 bits per heavy atom. The lowest BCUT2D eigenvalue weighted by atomic mass is 10.1. The number of alkyl halides is 1. The second-order valence-corrected chi connectivity index (χ2v) is 4.97. The molecule has 1 aliphatic heterocycles. The topological polar surface area (TPSA) is 37.4 Å². The minimum atomic E-state index is -0.587. The summed E-state index contributed by atoms with van der Waals surface area (Å²) in [6.07, 6.45) is 0. The summed E-state index contributed by atoms with van der Waals surface area (Å²) in [4.78, 5) is 25.4. The van der Waals surface area contributed by atoms with E-state index in [1.54, 1.807) is 30.3 Å². The van der Waals surface area contributed by atoms with Gasteiger partial charge in [0.25, 0.3) is 11.8 Å². The van der Waals surface area contributed by atoms with E-state index in [-0.39, 0.29) is 5.69 Å². The molecule has 0 N–H and O–H groups in total. The van der Waals surface area contributed by atoms with E-state index in [0.29, 0.717) is 16.5 Å². The predicted octanol–water partition coefficient (Wildman–Crippen LogP) is 3.52. The molecule has 1 heterocycles. The first kappa shape index (κ1) is 13.0. The van der Waals surface area contributed by atoms with Crippen LogP contribution in [0.3, 0.4) is 0 Å². The third-order valence-corrected chi connectivity index (χ3v) is 3.85. The standard InChI is InChI=1S/C15H9BrFNO2/c16-8-9-5-6-13(12(17)7-9)18-14(19)10-3-1-2-4-11(10)15(18)20/h1-7H,8H2. The van der Waals surface area contributed by atoms with Crippen molar-refractivity contribution in [2.75, 3.05) is 4.90 Å². The molecule has 0 radical (unpaired) electrons. The second-order valence-electron chi connectivity index (χ2n) is 4.41. The van der Waals surface area contributed by atoms with Crippen LogP contribution in [0.1, 0.15) is 26.3 Å². The van der Waals surface area contributed by atoms with Crippen molar-refractivity contribution in [1.82, 2.24) is 0 Å². The number of benzene rings is 2. The van der Waals surface area contributed by atoms with Crippen LogP contribution in [0.25, 0.3) is 0 Å². The van der Waals surface area contributed by atoms with Crippen molar-refractivity contribution in [2.45, 2.75) is 5.33 Å². The molecular formula is C15H9BrFNO2. The van der Waals surface area contributed by atoms with Crippen LogP contribution in [0.5, 0.6) is 0 Å². The normalized spacial score (nSPS) is 13.8. The maximum absolute atomic E-state index is 14.1. The summed E-state index contributed by atoms with van der Waals surface area (Å²) in [6.45, 7) is 0. The average molecular weight is 334 g/mol. The molecule has 100 valence electrons. The Morgan fingerprint density at radius 3 is 2.10 bits per heavy atom. The molecule has 0 saturated heterocycles.